The van der Waals surface area contributed by atoms with Gasteiger partial charge in [0.05, 0.1) is 18.2 Å². The second-order valence-electron chi connectivity index (χ2n) is 4.34. The summed E-state index contributed by atoms with van der Waals surface area (Å²) < 4.78 is 38.4. The van der Waals surface area contributed by atoms with Crippen LogP contribution in [-0.4, -0.2) is 27.7 Å². The third-order valence-electron chi connectivity index (χ3n) is 2.91. The average Bonchev–Trinajstić information content (AvgIpc) is 2.43. The molecule has 0 fully saturated rings. The molecule has 0 spiro atoms. The third kappa shape index (κ3) is 2.98. The number of anilines is 1. The van der Waals surface area contributed by atoms with Crippen molar-refractivity contribution in [2.24, 2.45) is 0 Å². The Kier molecular flexibility index (Phi) is 4.08. The van der Waals surface area contributed by atoms with Crippen LogP contribution in [0.3, 0.4) is 0 Å². The van der Waals surface area contributed by atoms with E-state index < -0.39 is 12.0 Å². The Bertz CT molecular complexity index is 597. The predicted molar refractivity (Wildman–Crippen MR) is 69.3 cm³/mol. The molecule has 2 rings (SSSR count). The number of nitrogens with one attached hydrogen (secondary N) is 1. The molecular formula is C13H14F3N3O. The van der Waals surface area contributed by atoms with Gasteiger partial charge < -0.3 is 10.4 Å². The van der Waals surface area contributed by atoms with Crippen LogP contribution in [-0.2, 0) is 6.18 Å². The number of hydrogen-bond donors (Lipinski definition) is 2. The molecule has 0 radical (unpaired) electrons. The van der Waals surface area contributed by atoms with Crippen molar-refractivity contribution in [1.29, 1.82) is 0 Å². The standard InChI is InChI=1S/C13H14F3N3O/c1-2-8(7-20)17-11-9-5-3-4-6-10(9)18-12(19-11)13(14,15)16/h3-6,8,20H,2,7H2,1H3,(H,17,18,19). The summed E-state index contributed by atoms with van der Waals surface area (Å²) in [6.07, 6.45) is -4.04. The molecule has 1 unspecified atom stereocenters. The zero-order valence-corrected chi connectivity index (χ0v) is 10.8. The minimum atomic E-state index is -4.61. The Labute approximate surface area is 113 Å². The van der Waals surface area contributed by atoms with Crippen LogP contribution in [0.4, 0.5) is 19.0 Å². The van der Waals surface area contributed by atoms with Crippen LogP contribution in [0.2, 0.25) is 0 Å². The van der Waals surface area contributed by atoms with E-state index >= 15 is 0 Å². The topological polar surface area (TPSA) is 58.0 Å². The molecule has 0 saturated heterocycles. The van der Waals surface area contributed by atoms with E-state index in [1.54, 1.807) is 18.2 Å². The minimum Gasteiger partial charge on any atom is -0.394 e. The summed E-state index contributed by atoms with van der Waals surface area (Å²) in [5, 5.41) is 12.5. The number of benzene rings is 1. The number of rotatable bonds is 4. The van der Waals surface area contributed by atoms with E-state index in [1.165, 1.54) is 6.07 Å². The average molecular weight is 285 g/mol. The van der Waals surface area contributed by atoms with Crippen molar-refractivity contribution in [3.63, 3.8) is 0 Å². The first kappa shape index (κ1) is 14.5. The van der Waals surface area contributed by atoms with Crippen LogP contribution in [0.5, 0.6) is 0 Å². The first-order valence-corrected chi connectivity index (χ1v) is 6.17. The van der Waals surface area contributed by atoms with Crippen LogP contribution >= 0.6 is 0 Å². The SMILES string of the molecule is CCC(CO)Nc1nc(C(F)(F)F)nc2ccccc12. The van der Waals surface area contributed by atoms with E-state index in [0.29, 0.717) is 11.8 Å². The Morgan fingerprint density at radius 2 is 1.95 bits per heavy atom. The fourth-order valence-corrected chi connectivity index (χ4v) is 1.78. The van der Waals surface area contributed by atoms with Crippen LogP contribution in [0.15, 0.2) is 24.3 Å². The zero-order valence-electron chi connectivity index (χ0n) is 10.8. The summed E-state index contributed by atoms with van der Waals surface area (Å²) >= 11 is 0. The molecule has 1 atom stereocenters. The van der Waals surface area contributed by atoms with Gasteiger partial charge in [-0.2, -0.15) is 13.2 Å². The van der Waals surface area contributed by atoms with Crippen molar-refractivity contribution in [3.8, 4) is 0 Å². The lowest BCUT2D eigenvalue weighted by Crippen LogP contribution is -2.24. The molecule has 0 aliphatic rings. The van der Waals surface area contributed by atoms with Gasteiger partial charge in [-0.25, -0.2) is 9.97 Å². The number of aliphatic hydroxyl groups is 1. The number of fused-ring (bicyclic) bond motifs is 1. The molecule has 0 aliphatic carbocycles. The van der Waals surface area contributed by atoms with Gasteiger partial charge in [-0.1, -0.05) is 19.1 Å². The van der Waals surface area contributed by atoms with Crippen LogP contribution in [0.25, 0.3) is 10.9 Å². The third-order valence-corrected chi connectivity index (χ3v) is 2.91. The highest BCUT2D eigenvalue weighted by Crippen LogP contribution is 2.30. The van der Waals surface area contributed by atoms with Crippen LogP contribution < -0.4 is 5.32 Å². The Morgan fingerprint density at radius 3 is 2.55 bits per heavy atom. The van der Waals surface area contributed by atoms with E-state index in [4.69, 9.17) is 5.11 Å². The fourth-order valence-electron chi connectivity index (χ4n) is 1.78. The highest BCUT2D eigenvalue weighted by Gasteiger charge is 2.35. The summed E-state index contributed by atoms with van der Waals surface area (Å²) in [4.78, 5) is 7.08. The van der Waals surface area contributed by atoms with E-state index in [2.05, 4.69) is 15.3 Å². The molecule has 20 heavy (non-hydrogen) atoms. The maximum absolute atomic E-state index is 12.8. The lowest BCUT2D eigenvalue weighted by Gasteiger charge is -2.17. The summed E-state index contributed by atoms with van der Waals surface area (Å²) in [5.41, 5.74) is 0.213. The lowest BCUT2D eigenvalue weighted by atomic mass is 10.2. The molecule has 0 aliphatic heterocycles. The molecule has 108 valence electrons. The van der Waals surface area contributed by atoms with Gasteiger partial charge in [0.25, 0.3) is 0 Å². The van der Waals surface area contributed by atoms with Crippen molar-refractivity contribution in [2.75, 3.05) is 11.9 Å². The van der Waals surface area contributed by atoms with Gasteiger partial charge in [0, 0.05) is 5.39 Å². The molecular weight excluding hydrogens is 271 g/mol. The van der Waals surface area contributed by atoms with Gasteiger partial charge in [-0.15, -0.1) is 0 Å². The zero-order chi connectivity index (χ0) is 14.8. The molecule has 4 nitrogen and oxygen atoms in total. The van der Waals surface area contributed by atoms with Crippen molar-refractivity contribution in [2.45, 2.75) is 25.6 Å². The molecule has 1 aromatic carbocycles. The summed E-state index contributed by atoms with van der Waals surface area (Å²) in [7, 11) is 0. The summed E-state index contributed by atoms with van der Waals surface area (Å²) in [6, 6.07) is 6.10. The molecule has 2 N–H and O–H groups in total. The fraction of sp³-hybridized carbons (Fsp3) is 0.385. The number of nitrogens with zero attached hydrogens (tertiary/aromatic N) is 2. The molecule has 1 aromatic heterocycles. The first-order chi connectivity index (χ1) is 9.45. The van der Waals surface area contributed by atoms with Gasteiger partial charge in [-0.3, -0.25) is 0 Å². The van der Waals surface area contributed by atoms with Gasteiger partial charge in [0.1, 0.15) is 5.82 Å². The van der Waals surface area contributed by atoms with Crippen molar-refractivity contribution in [1.82, 2.24) is 9.97 Å². The first-order valence-electron chi connectivity index (χ1n) is 6.17. The molecule has 0 amide bonds. The highest BCUT2D eigenvalue weighted by molar-refractivity contribution is 5.89. The van der Waals surface area contributed by atoms with Crippen LogP contribution in [0, 0.1) is 0 Å². The van der Waals surface area contributed by atoms with Crippen molar-refractivity contribution >= 4 is 16.7 Å². The van der Waals surface area contributed by atoms with Crippen molar-refractivity contribution in [3.05, 3.63) is 30.1 Å². The normalized spacial score (nSPS) is 13.4. The van der Waals surface area contributed by atoms with E-state index in [-0.39, 0.29) is 24.0 Å². The number of halogens is 3. The monoisotopic (exact) mass is 285 g/mol. The van der Waals surface area contributed by atoms with Gasteiger partial charge in [0.2, 0.25) is 5.82 Å². The number of aromatic nitrogens is 2. The quantitative estimate of drug-likeness (QED) is 0.907. The largest absolute Gasteiger partial charge is 0.451 e. The predicted octanol–water partition coefficient (Wildman–Crippen LogP) is 2.83. The molecule has 0 bridgehead atoms. The Balaban J connectivity index is 2.55. The second-order valence-corrected chi connectivity index (χ2v) is 4.34. The number of aliphatic hydroxyl groups excluding tert-OH is 1. The Morgan fingerprint density at radius 1 is 1.25 bits per heavy atom. The van der Waals surface area contributed by atoms with E-state index in [0.717, 1.165) is 0 Å². The molecule has 0 saturated carbocycles. The lowest BCUT2D eigenvalue weighted by molar-refractivity contribution is -0.144. The minimum absolute atomic E-state index is 0.0869. The van der Waals surface area contributed by atoms with Gasteiger partial charge in [-0.05, 0) is 18.6 Å². The van der Waals surface area contributed by atoms with Gasteiger partial charge in [0.15, 0.2) is 0 Å². The Hall–Kier alpha value is -1.89. The maximum atomic E-state index is 12.8. The highest BCUT2D eigenvalue weighted by atomic mass is 19.4. The molecule has 1 heterocycles. The van der Waals surface area contributed by atoms with Crippen LogP contribution in [0.1, 0.15) is 19.2 Å². The van der Waals surface area contributed by atoms with Crippen molar-refractivity contribution < 1.29 is 18.3 Å². The smallest absolute Gasteiger partial charge is 0.394 e. The maximum Gasteiger partial charge on any atom is 0.451 e. The van der Waals surface area contributed by atoms with E-state index in [1.807, 2.05) is 6.92 Å². The van der Waals surface area contributed by atoms with E-state index in [9.17, 15) is 13.2 Å². The van der Waals surface area contributed by atoms with Gasteiger partial charge >= 0.3 is 6.18 Å². The number of alkyl halides is 3. The summed E-state index contributed by atoms with van der Waals surface area (Å²) in [6.45, 7) is 1.64. The number of para-hydroxylation sites is 1. The number of hydrogen-bond acceptors (Lipinski definition) is 4. The molecule has 2 aromatic rings. The second kappa shape index (κ2) is 5.62. The summed E-state index contributed by atoms with van der Waals surface area (Å²) in [5.74, 6) is -1.10. The molecule has 7 heteroatoms.